The van der Waals surface area contributed by atoms with Crippen molar-refractivity contribution in [3.05, 3.63) is 108 Å². The summed E-state index contributed by atoms with van der Waals surface area (Å²) in [6.45, 7) is 11.8. The van der Waals surface area contributed by atoms with Gasteiger partial charge in [0.1, 0.15) is 6.04 Å². The third-order valence-corrected chi connectivity index (χ3v) is 18.3. The van der Waals surface area contributed by atoms with Gasteiger partial charge >= 0.3 is 11.9 Å². The Balaban J connectivity index is 1.07. The predicted octanol–water partition coefficient (Wildman–Crippen LogP) is 22.7. The minimum absolute atomic E-state index is 0.00107. The summed E-state index contributed by atoms with van der Waals surface area (Å²) in [6.07, 6.45) is 45.7. The number of benzene rings is 6. The summed E-state index contributed by atoms with van der Waals surface area (Å²) in [6, 6.07) is 29.2. The van der Waals surface area contributed by atoms with Crippen molar-refractivity contribution < 1.29 is 42.8 Å². The molecule has 0 aromatic heterocycles. The maximum atomic E-state index is 14.5. The van der Waals surface area contributed by atoms with Crippen molar-refractivity contribution in [2.75, 3.05) is 39.6 Å². The van der Waals surface area contributed by atoms with Crippen LogP contribution in [0, 0.1) is 0 Å². The number of hydrogen-bond donors (Lipinski definition) is 1. The molecule has 1 atom stereocenters. The summed E-state index contributed by atoms with van der Waals surface area (Å²) >= 11 is 0. The molecule has 0 radical (unpaired) electrons. The van der Waals surface area contributed by atoms with Crippen molar-refractivity contribution >= 4 is 50.2 Å². The molecule has 10 nitrogen and oxygen atoms in total. The fraction of sp³-hybridized carbons (Fsp3) is 0.622. The van der Waals surface area contributed by atoms with Crippen LogP contribution in [0.1, 0.15) is 293 Å². The number of hydrogen-bond acceptors (Lipinski definition) is 9. The molecule has 508 valence electrons. The summed E-state index contributed by atoms with van der Waals surface area (Å²) in [5.41, 5.74) is 2.37. The highest BCUT2D eigenvalue weighted by Crippen LogP contribution is 2.37. The largest absolute Gasteiger partial charge is 0.490 e. The molecule has 0 fully saturated rings. The molecule has 1 N–H and O–H groups in total. The average Bonchev–Trinajstić information content (AvgIpc) is 0.761. The van der Waals surface area contributed by atoms with E-state index in [0.29, 0.717) is 50.6 Å². The predicted molar refractivity (Wildman–Crippen MR) is 384 cm³/mol. The molecule has 0 aliphatic carbocycles. The zero-order valence-electron chi connectivity index (χ0n) is 57.9. The van der Waals surface area contributed by atoms with Crippen LogP contribution in [0.2, 0.25) is 0 Å². The number of carbonyl (C=O) groups is 3. The second-order valence-corrected chi connectivity index (χ2v) is 26.2. The second kappa shape index (κ2) is 46.9. The minimum Gasteiger partial charge on any atom is -0.490 e. The topological polar surface area (TPSA) is 119 Å². The van der Waals surface area contributed by atoms with Crippen LogP contribution in [0.5, 0.6) is 23.0 Å². The van der Waals surface area contributed by atoms with Gasteiger partial charge < -0.3 is 33.7 Å². The van der Waals surface area contributed by atoms with Crippen molar-refractivity contribution in [2.45, 2.75) is 291 Å². The van der Waals surface area contributed by atoms with Gasteiger partial charge in [-0.2, -0.15) is 0 Å². The van der Waals surface area contributed by atoms with E-state index >= 15 is 0 Å². The van der Waals surface area contributed by atoms with E-state index in [1.807, 2.05) is 66.7 Å². The lowest BCUT2D eigenvalue weighted by Crippen LogP contribution is -2.42. The van der Waals surface area contributed by atoms with E-state index < -0.39 is 23.9 Å². The Labute approximate surface area is 556 Å². The Morgan fingerprint density at radius 3 is 1.14 bits per heavy atom. The first-order valence-electron chi connectivity index (χ1n) is 37.4. The van der Waals surface area contributed by atoms with Crippen LogP contribution >= 0.6 is 0 Å². The monoisotopic (exact) mass is 1260 g/mol. The van der Waals surface area contributed by atoms with Gasteiger partial charge in [0.05, 0.1) is 39.6 Å². The standard InChI is InChI=1S/C82H121NO9/c1-5-9-13-17-21-25-29-33-37-58-87-74-53-44-66(64-76(74)89-60-39-35-31-27-23-19-15-11-7-3)56-62-91-78(84)55-52-73(83-81(85)72-51-49-70-47-46-68-42-41-43-69-48-50-71(72)80(70)79(68)69)82(86)92-63-57-67-45-54-75(88-59-38-34-30-26-22-18-14-10-6-2)77(65-67)90-61-40-36-32-28-24-20-16-12-8-4/h41-51,53-54,64-65,73H,5-40,52,55-63H2,1-4H3,(H,83,85)/t73-/m0/s1. The van der Waals surface area contributed by atoms with Gasteiger partial charge in [0.2, 0.25) is 0 Å². The molecule has 6 rings (SSSR count). The van der Waals surface area contributed by atoms with Gasteiger partial charge in [-0.1, -0.05) is 294 Å². The van der Waals surface area contributed by atoms with Crippen LogP contribution in [0.4, 0.5) is 0 Å². The smallest absolute Gasteiger partial charge is 0.328 e. The molecule has 0 unspecified atom stereocenters. The lowest BCUT2D eigenvalue weighted by molar-refractivity contribution is -0.147. The number of esters is 2. The van der Waals surface area contributed by atoms with Gasteiger partial charge in [-0.05, 0) is 106 Å². The number of carbonyl (C=O) groups excluding carboxylic acids is 3. The molecular formula is C82H121NO9. The summed E-state index contributed by atoms with van der Waals surface area (Å²) in [5, 5.41) is 9.12. The van der Waals surface area contributed by atoms with Crippen LogP contribution in [0.3, 0.4) is 0 Å². The van der Waals surface area contributed by atoms with Gasteiger partial charge in [-0.15, -0.1) is 0 Å². The van der Waals surface area contributed by atoms with Crippen molar-refractivity contribution in [3.63, 3.8) is 0 Å². The molecule has 0 aliphatic rings. The molecule has 0 saturated heterocycles. The first-order chi connectivity index (χ1) is 45.3. The lowest BCUT2D eigenvalue weighted by Gasteiger charge is -2.19. The highest BCUT2D eigenvalue weighted by atomic mass is 16.5. The third kappa shape index (κ3) is 28.7. The normalized spacial score (nSPS) is 11.8. The van der Waals surface area contributed by atoms with Crippen molar-refractivity contribution in [2.24, 2.45) is 0 Å². The van der Waals surface area contributed by atoms with Crippen LogP contribution in [0.25, 0.3) is 32.3 Å². The maximum Gasteiger partial charge on any atom is 0.328 e. The Hall–Kier alpha value is -6.03. The zero-order valence-corrected chi connectivity index (χ0v) is 57.9. The quantitative estimate of drug-likeness (QED) is 0.0226. The number of nitrogens with one attached hydrogen (secondary N) is 1. The Kier molecular flexibility index (Phi) is 38.3. The fourth-order valence-corrected chi connectivity index (χ4v) is 12.7. The number of ether oxygens (including phenoxy) is 6. The molecular weight excluding hydrogens is 1140 g/mol. The van der Waals surface area contributed by atoms with E-state index in [2.05, 4.69) is 57.3 Å². The van der Waals surface area contributed by atoms with Crippen LogP contribution < -0.4 is 24.3 Å². The molecule has 0 bridgehead atoms. The molecule has 6 aromatic carbocycles. The minimum atomic E-state index is -1.12. The van der Waals surface area contributed by atoms with Crippen molar-refractivity contribution in [1.29, 1.82) is 0 Å². The molecule has 6 aromatic rings. The van der Waals surface area contributed by atoms with Crippen LogP contribution in [-0.2, 0) is 31.9 Å². The van der Waals surface area contributed by atoms with E-state index in [0.717, 1.165) is 112 Å². The highest BCUT2D eigenvalue weighted by molar-refractivity contribution is 6.26. The van der Waals surface area contributed by atoms with Gasteiger partial charge in [0.25, 0.3) is 5.91 Å². The molecule has 1 amide bonds. The fourth-order valence-electron chi connectivity index (χ4n) is 12.7. The van der Waals surface area contributed by atoms with Crippen LogP contribution in [-0.4, -0.2) is 63.5 Å². The second-order valence-electron chi connectivity index (χ2n) is 26.2. The summed E-state index contributed by atoms with van der Waals surface area (Å²) in [5.74, 6) is 1.45. The first-order valence-corrected chi connectivity index (χ1v) is 37.4. The van der Waals surface area contributed by atoms with E-state index in [1.54, 1.807) is 0 Å². The van der Waals surface area contributed by atoms with Gasteiger partial charge in [0, 0.05) is 24.8 Å². The van der Waals surface area contributed by atoms with Crippen molar-refractivity contribution in [1.82, 2.24) is 5.32 Å². The van der Waals surface area contributed by atoms with E-state index in [1.165, 1.54) is 180 Å². The summed E-state index contributed by atoms with van der Waals surface area (Å²) in [7, 11) is 0. The van der Waals surface area contributed by atoms with E-state index in [-0.39, 0.29) is 26.1 Å². The molecule has 0 aliphatic heterocycles. The van der Waals surface area contributed by atoms with Gasteiger partial charge in [-0.25, -0.2) is 4.79 Å². The highest BCUT2D eigenvalue weighted by Gasteiger charge is 2.26. The van der Waals surface area contributed by atoms with Gasteiger partial charge in [0.15, 0.2) is 23.0 Å². The molecule has 92 heavy (non-hydrogen) atoms. The molecule has 0 heterocycles. The molecule has 10 heteroatoms. The maximum absolute atomic E-state index is 14.5. The lowest BCUT2D eigenvalue weighted by atomic mass is 9.91. The first kappa shape index (κ1) is 75.0. The van der Waals surface area contributed by atoms with Crippen molar-refractivity contribution in [3.8, 4) is 23.0 Å². The Bertz CT molecular complexity index is 2920. The number of unbranched alkanes of at least 4 members (excludes halogenated alkanes) is 32. The number of rotatable bonds is 56. The average molecular weight is 1260 g/mol. The van der Waals surface area contributed by atoms with E-state index in [9.17, 15) is 14.4 Å². The van der Waals surface area contributed by atoms with E-state index in [4.69, 9.17) is 28.4 Å². The van der Waals surface area contributed by atoms with Crippen LogP contribution in [0.15, 0.2) is 91.0 Å². The summed E-state index contributed by atoms with van der Waals surface area (Å²) in [4.78, 5) is 42.5. The molecule has 0 spiro atoms. The van der Waals surface area contributed by atoms with Gasteiger partial charge in [-0.3, -0.25) is 9.59 Å². The molecule has 0 saturated carbocycles. The zero-order chi connectivity index (χ0) is 64.9. The Morgan fingerprint density at radius 1 is 0.359 bits per heavy atom. The SMILES string of the molecule is CCCCCCCCCCCOc1ccc(CCOC(=O)CC[C@H](NC(=O)c2ccc3ccc4cccc5ccc2c3c45)C(=O)OCCc2ccc(OCCCCCCCCCCC)c(OCCCCCCCCCCC)c2)cc1OCCCCCCCCCCC. The number of amides is 1. The Morgan fingerprint density at radius 2 is 0.717 bits per heavy atom. The summed E-state index contributed by atoms with van der Waals surface area (Å²) < 4.78 is 37.5. The third-order valence-electron chi connectivity index (χ3n) is 18.3.